The Morgan fingerprint density at radius 2 is 2.00 bits per heavy atom. The number of anilines is 2. The molecule has 0 radical (unpaired) electrons. The smallest absolute Gasteiger partial charge is 0.246 e. The highest BCUT2D eigenvalue weighted by Crippen LogP contribution is 2.29. The summed E-state index contributed by atoms with van der Waals surface area (Å²) in [5.41, 5.74) is 6.71. The number of ether oxygens (including phenoxy) is 1. The van der Waals surface area contributed by atoms with Gasteiger partial charge >= 0.3 is 0 Å². The van der Waals surface area contributed by atoms with Crippen LogP contribution in [-0.2, 0) is 14.8 Å². The second kappa shape index (κ2) is 8.55. The average Bonchev–Trinajstić information content (AvgIpc) is 2.59. The van der Waals surface area contributed by atoms with Gasteiger partial charge in [0.2, 0.25) is 15.9 Å². The summed E-state index contributed by atoms with van der Waals surface area (Å²) in [7, 11) is 0.498. The van der Waals surface area contributed by atoms with Crippen molar-refractivity contribution in [3.8, 4) is 5.75 Å². The molecule has 0 fully saturated rings. The van der Waals surface area contributed by atoms with Gasteiger partial charge in [-0.25, -0.2) is 22.7 Å². The van der Waals surface area contributed by atoms with Gasteiger partial charge in [0.15, 0.2) is 5.16 Å². The summed E-state index contributed by atoms with van der Waals surface area (Å²) in [6.07, 6.45) is 0. The Balaban J connectivity index is 2.13. The minimum absolute atomic E-state index is 0.0322. The number of thioether (sulfide) groups is 1. The number of benzene rings is 1. The van der Waals surface area contributed by atoms with E-state index in [1.54, 1.807) is 19.1 Å². The van der Waals surface area contributed by atoms with Crippen LogP contribution in [0.1, 0.15) is 5.69 Å². The molecule has 0 bridgehead atoms. The number of nitrogen functional groups attached to an aromatic ring is 1. The van der Waals surface area contributed by atoms with Gasteiger partial charge in [-0.1, -0.05) is 11.8 Å². The first-order chi connectivity index (χ1) is 12.6. The normalized spacial score (nSPS) is 11.4. The standard InChI is InChI=1S/C16H21N5O4S2/c1-10-7-14(17)20-16(18-10)26-9-15(22)19-11-5-6-12(25-4)13(8-11)27(23,24)21(2)3/h5-8H,9H2,1-4H3,(H,19,22)(H2,17,18,20). The van der Waals surface area contributed by atoms with E-state index in [1.807, 2.05) is 0 Å². The van der Waals surface area contributed by atoms with Crippen LogP contribution in [0.5, 0.6) is 5.75 Å². The quantitative estimate of drug-likeness (QED) is 0.516. The summed E-state index contributed by atoms with van der Waals surface area (Å²) in [5.74, 6) is 0.242. The van der Waals surface area contributed by atoms with E-state index < -0.39 is 10.0 Å². The maximum absolute atomic E-state index is 12.4. The lowest BCUT2D eigenvalue weighted by Crippen LogP contribution is -2.23. The van der Waals surface area contributed by atoms with Crippen LogP contribution in [0.3, 0.4) is 0 Å². The third-order valence-electron chi connectivity index (χ3n) is 3.39. The number of aryl methyl sites for hydroxylation is 1. The number of sulfonamides is 1. The third-order valence-corrected chi connectivity index (χ3v) is 6.08. The van der Waals surface area contributed by atoms with Crippen LogP contribution in [0, 0.1) is 6.92 Å². The minimum Gasteiger partial charge on any atom is -0.495 e. The molecule has 1 aromatic heterocycles. The monoisotopic (exact) mass is 411 g/mol. The van der Waals surface area contributed by atoms with Crippen molar-refractivity contribution in [3.63, 3.8) is 0 Å². The highest BCUT2D eigenvalue weighted by atomic mass is 32.2. The number of aromatic nitrogens is 2. The molecule has 0 aliphatic heterocycles. The second-order valence-corrected chi connectivity index (χ2v) is 8.77. The molecule has 9 nitrogen and oxygen atoms in total. The van der Waals surface area contributed by atoms with Crippen molar-refractivity contribution in [1.29, 1.82) is 0 Å². The largest absolute Gasteiger partial charge is 0.495 e. The highest BCUT2D eigenvalue weighted by molar-refractivity contribution is 7.99. The minimum atomic E-state index is -3.72. The summed E-state index contributed by atoms with van der Waals surface area (Å²) in [6, 6.07) is 6.05. The van der Waals surface area contributed by atoms with Crippen molar-refractivity contribution < 1.29 is 17.9 Å². The van der Waals surface area contributed by atoms with Gasteiger partial charge in [-0.3, -0.25) is 4.79 Å². The first-order valence-corrected chi connectivity index (χ1v) is 10.2. The Morgan fingerprint density at radius 1 is 1.30 bits per heavy atom. The van der Waals surface area contributed by atoms with E-state index in [0.29, 0.717) is 22.4 Å². The number of carbonyl (C=O) groups excluding carboxylic acids is 1. The van der Waals surface area contributed by atoms with Gasteiger partial charge in [0, 0.05) is 31.5 Å². The van der Waals surface area contributed by atoms with Crippen molar-refractivity contribution in [2.45, 2.75) is 17.0 Å². The van der Waals surface area contributed by atoms with Crippen molar-refractivity contribution in [2.24, 2.45) is 0 Å². The molecular weight excluding hydrogens is 390 g/mol. The first-order valence-electron chi connectivity index (χ1n) is 7.78. The molecule has 1 heterocycles. The number of nitrogens with one attached hydrogen (secondary N) is 1. The lowest BCUT2D eigenvalue weighted by molar-refractivity contribution is -0.113. The van der Waals surface area contributed by atoms with Gasteiger partial charge in [0.1, 0.15) is 16.5 Å². The molecule has 2 aromatic rings. The number of nitrogens with zero attached hydrogens (tertiary/aromatic N) is 3. The van der Waals surface area contributed by atoms with E-state index in [1.165, 1.54) is 33.3 Å². The molecule has 0 saturated carbocycles. The molecule has 146 valence electrons. The molecule has 0 saturated heterocycles. The van der Waals surface area contributed by atoms with Crippen LogP contribution < -0.4 is 15.8 Å². The Hall–Kier alpha value is -2.37. The van der Waals surface area contributed by atoms with Crippen molar-refractivity contribution in [1.82, 2.24) is 14.3 Å². The van der Waals surface area contributed by atoms with Crippen LogP contribution >= 0.6 is 11.8 Å². The van der Waals surface area contributed by atoms with Gasteiger partial charge in [-0.2, -0.15) is 0 Å². The lowest BCUT2D eigenvalue weighted by atomic mass is 10.3. The molecule has 0 unspecified atom stereocenters. The maximum atomic E-state index is 12.4. The predicted octanol–water partition coefficient (Wildman–Crippen LogP) is 1.36. The summed E-state index contributed by atoms with van der Waals surface area (Å²) in [5, 5.41) is 3.06. The lowest BCUT2D eigenvalue weighted by Gasteiger charge is -2.16. The van der Waals surface area contributed by atoms with E-state index in [0.717, 1.165) is 16.1 Å². The molecular formula is C16H21N5O4S2. The topological polar surface area (TPSA) is 128 Å². The zero-order valence-corrected chi connectivity index (χ0v) is 17.0. The molecule has 1 amide bonds. The number of rotatable bonds is 7. The van der Waals surface area contributed by atoms with Gasteiger partial charge in [-0.15, -0.1) is 0 Å². The van der Waals surface area contributed by atoms with E-state index in [9.17, 15) is 13.2 Å². The van der Waals surface area contributed by atoms with E-state index in [2.05, 4.69) is 15.3 Å². The summed E-state index contributed by atoms with van der Waals surface area (Å²) >= 11 is 1.13. The van der Waals surface area contributed by atoms with Crippen LogP contribution in [0.4, 0.5) is 11.5 Å². The Labute approximate surface area is 162 Å². The first kappa shape index (κ1) is 20.9. The molecule has 0 spiro atoms. The van der Waals surface area contributed by atoms with E-state index in [-0.39, 0.29) is 22.3 Å². The summed E-state index contributed by atoms with van der Waals surface area (Å²) in [6.45, 7) is 1.78. The predicted molar refractivity (Wildman–Crippen MR) is 104 cm³/mol. The average molecular weight is 412 g/mol. The van der Waals surface area contributed by atoms with Crippen molar-refractivity contribution in [2.75, 3.05) is 38.0 Å². The zero-order chi connectivity index (χ0) is 20.2. The summed E-state index contributed by atoms with van der Waals surface area (Å²) in [4.78, 5) is 20.4. The Morgan fingerprint density at radius 3 is 2.59 bits per heavy atom. The maximum Gasteiger partial charge on any atom is 0.246 e. The van der Waals surface area contributed by atoms with Crippen LogP contribution in [0.25, 0.3) is 0 Å². The number of nitrogens with two attached hydrogens (primary N) is 1. The van der Waals surface area contributed by atoms with Crippen molar-refractivity contribution >= 4 is 39.2 Å². The Bertz CT molecular complexity index is 928. The van der Waals surface area contributed by atoms with E-state index in [4.69, 9.17) is 10.5 Å². The van der Waals surface area contributed by atoms with Crippen molar-refractivity contribution in [3.05, 3.63) is 30.0 Å². The Kier molecular flexibility index (Phi) is 6.63. The van der Waals surface area contributed by atoms with Crippen LogP contribution in [0.15, 0.2) is 34.3 Å². The molecule has 2 rings (SSSR count). The fourth-order valence-corrected chi connectivity index (χ4v) is 3.90. The van der Waals surface area contributed by atoms with Gasteiger partial charge in [-0.05, 0) is 25.1 Å². The van der Waals surface area contributed by atoms with Gasteiger partial charge < -0.3 is 15.8 Å². The summed E-state index contributed by atoms with van der Waals surface area (Å²) < 4.78 is 31.0. The second-order valence-electron chi connectivity index (χ2n) is 5.71. The molecule has 0 atom stereocenters. The fourth-order valence-electron chi connectivity index (χ4n) is 2.11. The van der Waals surface area contributed by atoms with Gasteiger partial charge in [0.25, 0.3) is 0 Å². The van der Waals surface area contributed by atoms with Crippen LogP contribution in [-0.4, -0.2) is 55.6 Å². The third kappa shape index (κ3) is 5.31. The molecule has 27 heavy (non-hydrogen) atoms. The van der Waals surface area contributed by atoms with Crippen LogP contribution in [0.2, 0.25) is 0 Å². The zero-order valence-electron chi connectivity index (χ0n) is 15.4. The molecule has 0 aliphatic carbocycles. The number of hydrogen-bond acceptors (Lipinski definition) is 8. The molecule has 1 aromatic carbocycles. The fraction of sp³-hybridized carbons (Fsp3) is 0.312. The molecule has 3 N–H and O–H groups in total. The molecule has 0 aliphatic rings. The highest BCUT2D eigenvalue weighted by Gasteiger charge is 2.23. The van der Waals surface area contributed by atoms with Gasteiger partial charge in [0.05, 0.1) is 12.9 Å². The van der Waals surface area contributed by atoms with E-state index >= 15 is 0 Å². The number of amides is 1. The number of hydrogen-bond donors (Lipinski definition) is 2. The number of methoxy groups -OCH3 is 1. The SMILES string of the molecule is COc1ccc(NC(=O)CSc2nc(C)cc(N)n2)cc1S(=O)(=O)N(C)C. The number of carbonyl (C=O) groups is 1. The molecule has 11 heteroatoms.